The van der Waals surface area contributed by atoms with Crippen molar-refractivity contribution in [1.82, 2.24) is 0 Å². The fraction of sp³-hybridized carbons (Fsp3) is 0.417. The van der Waals surface area contributed by atoms with Crippen molar-refractivity contribution >= 4 is 34.8 Å². The monoisotopic (exact) mass is 274 g/mol. The highest BCUT2D eigenvalue weighted by Crippen LogP contribution is 2.25. The number of halogens is 2. The van der Waals surface area contributed by atoms with E-state index in [0.29, 0.717) is 15.7 Å². The number of carbonyl (C=O) groups is 1. The highest BCUT2D eigenvalue weighted by atomic mass is 35.5. The lowest BCUT2D eigenvalue weighted by molar-refractivity contribution is -0.118. The van der Waals surface area contributed by atoms with E-state index in [1.54, 1.807) is 18.2 Å². The quantitative estimate of drug-likeness (QED) is 0.885. The summed E-state index contributed by atoms with van der Waals surface area (Å²) < 4.78 is 0. The van der Waals surface area contributed by atoms with Crippen LogP contribution in [-0.2, 0) is 4.79 Å². The van der Waals surface area contributed by atoms with Gasteiger partial charge >= 0.3 is 0 Å². The zero-order valence-electron chi connectivity index (χ0n) is 9.84. The summed E-state index contributed by atoms with van der Waals surface area (Å²) in [6.07, 6.45) is 0.845. The van der Waals surface area contributed by atoms with Gasteiger partial charge in [0, 0.05) is 5.02 Å². The Hall–Kier alpha value is -0.770. The van der Waals surface area contributed by atoms with E-state index in [0.717, 1.165) is 6.42 Å². The second kappa shape index (κ2) is 6.24. The van der Waals surface area contributed by atoms with Crippen LogP contribution in [0.5, 0.6) is 0 Å². The number of amides is 1. The maximum Gasteiger partial charge on any atom is 0.241 e. The maximum atomic E-state index is 11.8. The molecule has 3 nitrogen and oxygen atoms in total. The third kappa shape index (κ3) is 3.87. The minimum atomic E-state index is -0.546. The number of carbonyl (C=O) groups excluding carboxylic acids is 1. The van der Waals surface area contributed by atoms with Gasteiger partial charge in [-0.25, -0.2) is 0 Å². The Balaban J connectivity index is 2.77. The molecule has 1 unspecified atom stereocenters. The lowest BCUT2D eigenvalue weighted by atomic mass is 9.99. The van der Waals surface area contributed by atoms with E-state index in [9.17, 15) is 4.79 Å². The number of nitrogens with one attached hydrogen (secondary N) is 1. The van der Waals surface area contributed by atoms with Crippen LogP contribution in [0.2, 0.25) is 10.0 Å². The minimum Gasteiger partial charge on any atom is -0.323 e. The minimum absolute atomic E-state index is 0.118. The van der Waals surface area contributed by atoms with Gasteiger partial charge < -0.3 is 11.1 Å². The molecular weight excluding hydrogens is 259 g/mol. The standard InChI is InChI=1S/C12H16Cl2N2O/c1-3-7(2)11(15)12(17)16-10-6-8(13)4-5-9(10)14/h4-7,11H,3,15H2,1-2H3,(H,16,17)/t7?,11-/m0/s1. The van der Waals surface area contributed by atoms with Crippen molar-refractivity contribution in [2.75, 3.05) is 5.32 Å². The van der Waals surface area contributed by atoms with Crippen LogP contribution >= 0.6 is 23.2 Å². The largest absolute Gasteiger partial charge is 0.323 e. The van der Waals surface area contributed by atoms with Crippen LogP contribution in [0.25, 0.3) is 0 Å². The van der Waals surface area contributed by atoms with Crippen LogP contribution < -0.4 is 11.1 Å². The molecule has 94 valence electrons. The van der Waals surface area contributed by atoms with E-state index < -0.39 is 6.04 Å². The first-order chi connectivity index (χ1) is 7.95. The van der Waals surface area contributed by atoms with E-state index in [1.165, 1.54) is 0 Å². The van der Waals surface area contributed by atoms with E-state index in [2.05, 4.69) is 5.32 Å². The first kappa shape index (κ1) is 14.3. The van der Waals surface area contributed by atoms with Gasteiger partial charge in [-0.15, -0.1) is 0 Å². The lowest BCUT2D eigenvalue weighted by Gasteiger charge is -2.18. The molecule has 0 aromatic heterocycles. The highest BCUT2D eigenvalue weighted by Gasteiger charge is 2.20. The second-order valence-electron chi connectivity index (χ2n) is 4.02. The topological polar surface area (TPSA) is 55.1 Å². The van der Waals surface area contributed by atoms with Gasteiger partial charge in [-0.2, -0.15) is 0 Å². The van der Waals surface area contributed by atoms with Gasteiger partial charge in [-0.3, -0.25) is 4.79 Å². The summed E-state index contributed by atoms with van der Waals surface area (Å²) in [4.78, 5) is 11.8. The molecular formula is C12H16Cl2N2O. The fourth-order valence-corrected chi connectivity index (χ4v) is 1.66. The third-order valence-corrected chi connectivity index (χ3v) is 3.31. The Morgan fingerprint density at radius 2 is 2.12 bits per heavy atom. The Morgan fingerprint density at radius 1 is 1.47 bits per heavy atom. The molecule has 0 saturated heterocycles. The van der Waals surface area contributed by atoms with Gasteiger partial charge in [0.2, 0.25) is 5.91 Å². The number of anilines is 1. The molecule has 2 atom stereocenters. The average Bonchev–Trinajstić information content (AvgIpc) is 2.31. The Kier molecular flexibility index (Phi) is 5.25. The van der Waals surface area contributed by atoms with Crippen LogP contribution in [0.4, 0.5) is 5.69 Å². The molecule has 5 heteroatoms. The first-order valence-electron chi connectivity index (χ1n) is 5.47. The van der Waals surface area contributed by atoms with Crippen molar-refractivity contribution in [3.05, 3.63) is 28.2 Å². The van der Waals surface area contributed by atoms with Crippen LogP contribution in [-0.4, -0.2) is 11.9 Å². The molecule has 1 aromatic carbocycles. The maximum absolute atomic E-state index is 11.8. The molecule has 0 aliphatic heterocycles. The van der Waals surface area contributed by atoms with Gasteiger partial charge in [-0.1, -0.05) is 43.5 Å². The first-order valence-corrected chi connectivity index (χ1v) is 6.22. The summed E-state index contributed by atoms with van der Waals surface area (Å²) in [6.45, 7) is 3.92. The second-order valence-corrected chi connectivity index (χ2v) is 4.87. The molecule has 17 heavy (non-hydrogen) atoms. The zero-order chi connectivity index (χ0) is 13.0. The van der Waals surface area contributed by atoms with Crippen molar-refractivity contribution in [2.24, 2.45) is 11.7 Å². The molecule has 0 bridgehead atoms. The Bertz CT molecular complexity index is 409. The van der Waals surface area contributed by atoms with Crippen LogP contribution in [0.3, 0.4) is 0 Å². The molecule has 1 rings (SSSR count). The fourth-order valence-electron chi connectivity index (χ4n) is 1.32. The van der Waals surface area contributed by atoms with Gasteiger partial charge in [0.05, 0.1) is 16.8 Å². The number of hydrogen-bond donors (Lipinski definition) is 2. The van der Waals surface area contributed by atoms with E-state index in [4.69, 9.17) is 28.9 Å². The molecule has 0 saturated carbocycles. The Labute approximate surface area is 111 Å². The summed E-state index contributed by atoms with van der Waals surface area (Å²) in [5.41, 5.74) is 6.31. The third-order valence-electron chi connectivity index (χ3n) is 2.75. The predicted molar refractivity (Wildman–Crippen MR) is 72.5 cm³/mol. The lowest BCUT2D eigenvalue weighted by Crippen LogP contribution is -2.40. The molecule has 0 aliphatic carbocycles. The number of benzene rings is 1. The van der Waals surface area contributed by atoms with E-state index in [-0.39, 0.29) is 11.8 Å². The van der Waals surface area contributed by atoms with Crippen molar-refractivity contribution in [1.29, 1.82) is 0 Å². The van der Waals surface area contributed by atoms with Crippen LogP contribution in [0.1, 0.15) is 20.3 Å². The van der Waals surface area contributed by atoms with Crippen molar-refractivity contribution in [2.45, 2.75) is 26.3 Å². The van der Waals surface area contributed by atoms with Gasteiger partial charge in [0.25, 0.3) is 0 Å². The summed E-state index contributed by atoms with van der Waals surface area (Å²) >= 11 is 11.8. The summed E-state index contributed by atoms with van der Waals surface area (Å²) in [5, 5.41) is 3.64. The smallest absolute Gasteiger partial charge is 0.241 e. The van der Waals surface area contributed by atoms with Crippen molar-refractivity contribution in [3.63, 3.8) is 0 Å². The molecule has 1 amide bonds. The molecule has 0 spiro atoms. The molecule has 3 N–H and O–H groups in total. The zero-order valence-corrected chi connectivity index (χ0v) is 11.3. The molecule has 0 fully saturated rings. The summed E-state index contributed by atoms with van der Waals surface area (Å²) in [5.74, 6) is -0.128. The molecule has 0 radical (unpaired) electrons. The van der Waals surface area contributed by atoms with E-state index >= 15 is 0 Å². The highest BCUT2D eigenvalue weighted by molar-refractivity contribution is 6.35. The van der Waals surface area contributed by atoms with E-state index in [1.807, 2.05) is 13.8 Å². The Morgan fingerprint density at radius 3 is 2.71 bits per heavy atom. The molecule has 1 aromatic rings. The molecule has 0 aliphatic rings. The van der Waals surface area contributed by atoms with Gasteiger partial charge in [-0.05, 0) is 24.1 Å². The van der Waals surface area contributed by atoms with Crippen LogP contribution in [0.15, 0.2) is 18.2 Å². The average molecular weight is 275 g/mol. The van der Waals surface area contributed by atoms with Gasteiger partial charge in [0.1, 0.15) is 0 Å². The predicted octanol–water partition coefficient (Wildman–Crippen LogP) is 3.31. The van der Waals surface area contributed by atoms with Crippen LogP contribution in [0, 0.1) is 5.92 Å². The number of hydrogen-bond acceptors (Lipinski definition) is 2. The number of nitrogens with two attached hydrogens (primary N) is 1. The number of rotatable bonds is 4. The molecule has 0 heterocycles. The van der Waals surface area contributed by atoms with Crippen molar-refractivity contribution in [3.8, 4) is 0 Å². The van der Waals surface area contributed by atoms with Crippen molar-refractivity contribution < 1.29 is 4.79 Å². The summed E-state index contributed by atoms with van der Waals surface area (Å²) in [7, 11) is 0. The van der Waals surface area contributed by atoms with Gasteiger partial charge in [0.15, 0.2) is 0 Å². The normalized spacial score (nSPS) is 14.2. The SMILES string of the molecule is CCC(C)[C@H](N)C(=O)Nc1cc(Cl)ccc1Cl. The summed E-state index contributed by atoms with van der Waals surface area (Å²) in [6, 6.07) is 4.35.